The van der Waals surface area contributed by atoms with Crippen molar-refractivity contribution in [1.82, 2.24) is 4.90 Å². The van der Waals surface area contributed by atoms with Crippen LogP contribution in [-0.4, -0.2) is 34.2 Å². The molecule has 2 aliphatic heterocycles. The summed E-state index contributed by atoms with van der Waals surface area (Å²) in [5.74, 6) is 0.850. The summed E-state index contributed by atoms with van der Waals surface area (Å²) in [6, 6.07) is 11.9. The molecule has 0 spiro atoms. The molecule has 2 heterocycles. The molecule has 5 rings (SSSR count). The van der Waals surface area contributed by atoms with Gasteiger partial charge in [0, 0.05) is 23.5 Å². The Morgan fingerprint density at radius 2 is 1.76 bits per heavy atom. The van der Waals surface area contributed by atoms with Gasteiger partial charge in [-0.15, -0.1) is 0 Å². The Morgan fingerprint density at radius 3 is 2.38 bits per heavy atom. The van der Waals surface area contributed by atoms with Crippen LogP contribution in [0.1, 0.15) is 89.7 Å². The number of carboxylic acid groups (broad SMARTS) is 1. The van der Waals surface area contributed by atoms with Crippen molar-refractivity contribution in [3.63, 3.8) is 0 Å². The maximum atomic E-state index is 11.6. The van der Waals surface area contributed by atoms with Gasteiger partial charge in [0.25, 0.3) is 0 Å². The highest BCUT2D eigenvalue weighted by Crippen LogP contribution is 2.45. The van der Waals surface area contributed by atoms with Crippen LogP contribution in [0.15, 0.2) is 30.3 Å². The predicted molar refractivity (Wildman–Crippen MR) is 138 cm³/mol. The van der Waals surface area contributed by atoms with Crippen molar-refractivity contribution in [2.24, 2.45) is 11.8 Å². The summed E-state index contributed by atoms with van der Waals surface area (Å²) in [7, 11) is 0. The van der Waals surface area contributed by atoms with E-state index in [2.05, 4.69) is 43.0 Å². The average molecular weight is 484 g/mol. The van der Waals surface area contributed by atoms with Crippen molar-refractivity contribution in [2.45, 2.75) is 102 Å². The molecule has 0 aromatic heterocycles. The van der Waals surface area contributed by atoms with Crippen molar-refractivity contribution in [3.8, 4) is 5.75 Å². The van der Waals surface area contributed by atoms with Gasteiger partial charge in [-0.3, -0.25) is 9.69 Å². The quantitative estimate of drug-likeness (QED) is 0.440. The van der Waals surface area contributed by atoms with E-state index in [4.69, 9.17) is 16.3 Å². The molecule has 3 atom stereocenters. The van der Waals surface area contributed by atoms with Crippen LogP contribution in [0.3, 0.4) is 0 Å². The van der Waals surface area contributed by atoms with E-state index < -0.39 is 5.97 Å². The van der Waals surface area contributed by atoms with Crippen LogP contribution in [0.5, 0.6) is 5.75 Å². The lowest BCUT2D eigenvalue weighted by atomic mass is 9.86. The number of piperidine rings is 1. The molecule has 1 saturated carbocycles. The van der Waals surface area contributed by atoms with E-state index in [0.717, 1.165) is 72.4 Å². The number of benzene rings is 2. The van der Waals surface area contributed by atoms with Gasteiger partial charge in [-0.1, -0.05) is 50.1 Å². The molecule has 2 aromatic rings. The zero-order valence-corrected chi connectivity index (χ0v) is 21.3. The third kappa shape index (κ3) is 4.56. The first-order chi connectivity index (χ1) is 16.5. The van der Waals surface area contributed by atoms with Gasteiger partial charge in [0.15, 0.2) is 0 Å². The second-order valence-corrected chi connectivity index (χ2v) is 11.2. The monoisotopic (exact) mass is 483 g/mol. The molecule has 34 heavy (non-hydrogen) atoms. The van der Waals surface area contributed by atoms with Gasteiger partial charge in [-0.2, -0.15) is 0 Å². The van der Waals surface area contributed by atoms with E-state index in [9.17, 15) is 9.90 Å². The highest BCUT2D eigenvalue weighted by atomic mass is 35.5. The molecule has 2 bridgehead atoms. The number of nitrogens with zero attached hydrogens (tertiary/aromatic N) is 1. The molecule has 0 radical (unpaired) electrons. The summed E-state index contributed by atoms with van der Waals surface area (Å²) in [4.78, 5) is 14.2. The lowest BCUT2D eigenvalue weighted by molar-refractivity contribution is -0.144. The summed E-state index contributed by atoms with van der Waals surface area (Å²) < 4.78 is 6.36. The predicted octanol–water partition coefficient (Wildman–Crippen LogP) is 7.62. The summed E-state index contributed by atoms with van der Waals surface area (Å²) in [6.45, 7) is 4.53. The molecule has 1 N–H and O–H groups in total. The standard InChI is InChI=1S/C29H38ClNO3/c1-3-18-5-11-24(12-6-18)34-27-14-8-19-15-20(7-13-25(19)28(27)30)26(4-2)31-22-9-10-23(31)17-21(16-22)29(32)33/h7-8,13-15,18,21-24,26H,3-6,9-12,16-17H2,1-2H3,(H,32,33)/t18?,21?,22?,23?,24?,26-/m0/s1. The summed E-state index contributed by atoms with van der Waals surface area (Å²) in [5, 5.41) is 12.5. The first-order valence-corrected chi connectivity index (χ1v) is 13.7. The Kier molecular flexibility index (Phi) is 7.09. The highest BCUT2D eigenvalue weighted by Gasteiger charge is 2.45. The van der Waals surface area contributed by atoms with E-state index in [1.807, 2.05) is 6.07 Å². The molecule has 2 saturated heterocycles. The molecular weight excluding hydrogens is 446 g/mol. The Bertz CT molecular complexity index is 1020. The van der Waals surface area contributed by atoms with Crippen LogP contribution in [0.2, 0.25) is 5.02 Å². The average Bonchev–Trinajstić information content (AvgIpc) is 3.09. The van der Waals surface area contributed by atoms with E-state index in [-0.39, 0.29) is 12.0 Å². The minimum absolute atomic E-state index is 0.183. The Hall–Kier alpha value is -1.78. The number of aliphatic carboxylic acids is 1. The van der Waals surface area contributed by atoms with E-state index in [0.29, 0.717) is 18.1 Å². The van der Waals surface area contributed by atoms with Crippen LogP contribution >= 0.6 is 11.6 Å². The highest BCUT2D eigenvalue weighted by molar-refractivity contribution is 6.37. The summed E-state index contributed by atoms with van der Waals surface area (Å²) in [5.41, 5.74) is 1.31. The lowest BCUT2D eigenvalue weighted by Crippen LogP contribution is -2.46. The molecule has 5 heteroatoms. The lowest BCUT2D eigenvalue weighted by Gasteiger charge is -2.42. The largest absolute Gasteiger partial charge is 0.489 e. The number of ether oxygens (including phenoxy) is 1. The van der Waals surface area contributed by atoms with Gasteiger partial charge in [0.1, 0.15) is 5.75 Å². The third-order valence-corrected chi connectivity index (χ3v) is 9.27. The normalized spacial score (nSPS) is 30.4. The van der Waals surface area contributed by atoms with Crippen molar-refractivity contribution < 1.29 is 14.6 Å². The van der Waals surface area contributed by atoms with Gasteiger partial charge < -0.3 is 9.84 Å². The molecule has 3 fully saturated rings. The maximum Gasteiger partial charge on any atom is 0.306 e. The summed E-state index contributed by atoms with van der Waals surface area (Å²) in [6.07, 6.45) is 11.1. The van der Waals surface area contributed by atoms with Gasteiger partial charge in [-0.25, -0.2) is 0 Å². The Labute approximate surface area is 208 Å². The first kappa shape index (κ1) is 23.9. The van der Waals surface area contributed by atoms with Crippen LogP contribution in [0, 0.1) is 11.8 Å². The number of fused-ring (bicyclic) bond motifs is 3. The van der Waals surface area contributed by atoms with Crippen LogP contribution in [0.4, 0.5) is 0 Å². The minimum atomic E-state index is -0.624. The second kappa shape index (κ2) is 10.1. The molecule has 1 aliphatic carbocycles. The first-order valence-electron chi connectivity index (χ1n) is 13.4. The molecule has 3 aliphatic rings. The van der Waals surface area contributed by atoms with Gasteiger partial charge in [0.2, 0.25) is 0 Å². The fourth-order valence-corrected chi connectivity index (χ4v) is 7.25. The Morgan fingerprint density at radius 1 is 1.06 bits per heavy atom. The molecule has 2 unspecified atom stereocenters. The van der Waals surface area contributed by atoms with Gasteiger partial charge in [0.05, 0.1) is 17.0 Å². The number of halogens is 1. The summed E-state index contributed by atoms with van der Waals surface area (Å²) >= 11 is 6.84. The maximum absolute atomic E-state index is 11.6. The zero-order chi connectivity index (χ0) is 23.8. The third-order valence-electron chi connectivity index (χ3n) is 8.88. The van der Waals surface area contributed by atoms with Crippen LogP contribution < -0.4 is 4.74 Å². The minimum Gasteiger partial charge on any atom is -0.489 e. The fourth-order valence-electron chi connectivity index (χ4n) is 6.97. The number of carbonyl (C=O) groups is 1. The fraction of sp³-hybridized carbons (Fsp3) is 0.621. The van der Waals surface area contributed by atoms with Crippen LogP contribution in [0.25, 0.3) is 10.8 Å². The molecular formula is C29H38ClNO3. The number of hydrogen-bond donors (Lipinski definition) is 1. The number of hydrogen-bond acceptors (Lipinski definition) is 3. The molecule has 184 valence electrons. The van der Waals surface area contributed by atoms with Gasteiger partial charge in [-0.05, 0) is 86.8 Å². The smallest absolute Gasteiger partial charge is 0.306 e. The van der Waals surface area contributed by atoms with Crippen molar-refractivity contribution >= 4 is 28.3 Å². The van der Waals surface area contributed by atoms with Crippen molar-refractivity contribution in [2.75, 3.05) is 0 Å². The number of rotatable bonds is 7. The SMILES string of the molecule is CCC1CCC(Oc2ccc3cc([C@H](CC)N4C5CCC4CC(C(=O)O)C5)ccc3c2Cl)CC1. The van der Waals surface area contributed by atoms with E-state index in [1.54, 1.807) is 0 Å². The van der Waals surface area contributed by atoms with Crippen molar-refractivity contribution in [1.29, 1.82) is 0 Å². The molecule has 4 nitrogen and oxygen atoms in total. The van der Waals surface area contributed by atoms with Gasteiger partial charge >= 0.3 is 5.97 Å². The topological polar surface area (TPSA) is 49.8 Å². The van der Waals surface area contributed by atoms with Crippen LogP contribution in [-0.2, 0) is 4.79 Å². The molecule has 0 amide bonds. The van der Waals surface area contributed by atoms with E-state index in [1.165, 1.54) is 24.8 Å². The number of carboxylic acids is 1. The zero-order valence-electron chi connectivity index (χ0n) is 20.5. The van der Waals surface area contributed by atoms with E-state index >= 15 is 0 Å². The van der Waals surface area contributed by atoms with Crippen molar-refractivity contribution in [3.05, 3.63) is 40.9 Å². The second-order valence-electron chi connectivity index (χ2n) is 10.8. The molecule has 2 aromatic carbocycles. The Balaban J connectivity index is 1.35.